The van der Waals surface area contributed by atoms with Gasteiger partial charge < -0.3 is 10.2 Å². The van der Waals surface area contributed by atoms with Crippen molar-refractivity contribution in [1.82, 2.24) is 10.2 Å². The van der Waals surface area contributed by atoms with Crippen LogP contribution >= 0.6 is 0 Å². The molecule has 1 fully saturated rings. The van der Waals surface area contributed by atoms with Gasteiger partial charge in [0.05, 0.1) is 11.5 Å². The maximum absolute atomic E-state index is 9.01. The summed E-state index contributed by atoms with van der Waals surface area (Å²) in [6, 6.07) is 2.39. The van der Waals surface area contributed by atoms with Crippen LogP contribution in [0.3, 0.4) is 0 Å². The molecular formula is C14H27N3. The molecule has 0 aromatic rings. The van der Waals surface area contributed by atoms with Crippen molar-refractivity contribution in [2.45, 2.75) is 40.0 Å². The van der Waals surface area contributed by atoms with Crippen molar-refractivity contribution >= 4 is 0 Å². The molecule has 1 N–H and O–H groups in total. The summed E-state index contributed by atoms with van der Waals surface area (Å²) in [6.07, 6.45) is 3.64. The summed E-state index contributed by atoms with van der Waals surface area (Å²) < 4.78 is 0. The second kappa shape index (κ2) is 6.98. The minimum Gasteiger partial charge on any atom is -0.317 e. The lowest BCUT2D eigenvalue weighted by molar-refractivity contribution is 0.159. The summed E-state index contributed by atoms with van der Waals surface area (Å²) in [5, 5.41) is 12.5. The predicted octanol–water partition coefficient (Wildman–Crippen LogP) is 2.25. The maximum atomic E-state index is 9.01. The van der Waals surface area contributed by atoms with Crippen LogP contribution in [-0.4, -0.2) is 37.6 Å². The van der Waals surface area contributed by atoms with Gasteiger partial charge in [-0.25, -0.2) is 0 Å². The van der Waals surface area contributed by atoms with E-state index in [1.807, 2.05) is 13.8 Å². The number of hydrogen-bond acceptors (Lipinski definition) is 3. The lowest BCUT2D eigenvalue weighted by Gasteiger charge is -2.34. The van der Waals surface area contributed by atoms with E-state index in [0.29, 0.717) is 0 Å². The second-order valence-corrected chi connectivity index (χ2v) is 5.86. The van der Waals surface area contributed by atoms with Crippen molar-refractivity contribution in [3.8, 4) is 6.07 Å². The average Bonchev–Trinajstić information content (AvgIpc) is 2.35. The summed E-state index contributed by atoms with van der Waals surface area (Å²) in [5.41, 5.74) is -0.172. The van der Waals surface area contributed by atoms with E-state index in [2.05, 4.69) is 23.2 Å². The molecule has 0 aromatic carbocycles. The predicted molar refractivity (Wildman–Crippen MR) is 71.7 cm³/mol. The highest BCUT2D eigenvalue weighted by molar-refractivity contribution is 4.92. The molecule has 3 heteroatoms. The molecule has 0 saturated carbocycles. The van der Waals surface area contributed by atoms with Gasteiger partial charge in [0.2, 0.25) is 0 Å². The van der Waals surface area contributed by atoms with Gasteiger partial charge in [-0.15, -0.1) is 0 Å². The minimum absolute atomic E-state index is 0.172. The second-order valence-electron chi connectivity index (χ2n) is 5.86. The Morgan fingerprint density at radius 2 is 2.24 bits per heavy atom. The zero-order chi connectivity index (χ0) is 12.7. The molecule has 1 heterocycles. The number of nitrogens with zero attached hydrogens (tertiary/aromatic N) is 2. The van der Waals surface area contributed by atoms with Crippen LogP contribution in [-0.2, 0) is 0 Å². The van der Waals surface area contributed by atoms with Crippen molar-refractivity contribution in [3.05, 3.63) is 0 Å². The van der Waals surface area contributed by atoms with E-state index in [0.717, 1.165) is 32.0 Å². The molecule has 0 aliphatic carbocycles. The van der Waals surface area contributed by atoms with Crippen molar-refractivity contribution in [3.63, 3.8) is 0 Å². The Bertz CT molecular complexity index is 255. The third-order valence-corrected chi connectivity index (χ3v) is 3.64. The zero-order valence-electron chi connectivity index (χ0n) is 11.6. The summed E-state index contributed by atoms with van der Waals surface area (Å²) in [7, 11) is 0. The summed E-state index contributed by atoms with van der Waals surface area (Å²) in [6.45, 7) is 11.9. The summed E-state index contributed by atoms with van der Waals surface area (Å²) in [5.74, 6) is 0.800. The molecule has 0 amide bonds. The van der Waals surface area contributed by atoms with Crippen LogP contribution in [0.5, 0.6) is 0 Å². The SMILES string of the molecule is CCNCC1CCCN(CCC(C)(C)C#N)C1. The Morgan fingerprint density at radius 1 is 1.47 bits per heavy atom. The molecule has 1 unspecified atom stereocenters. The largest absolute Gasteiger partial charge is 0.317 e. The monoisotopic (exact) mass is 237 g/mol. The van der Waals surface area contributed by atoms with E-state index in [9.17, 15) is 0 Å². The fourth-order valence-corrected chi connectivity index (χ4v) is 2.36. The average molecular weight is 237 g/mol. The molecular weight excluding hydrogens is 210 g/mol. The summed E-state index contributed by atoms with van der Waals surface area (Å²) in [4.78, 5) is 2.53. The molecule has 17 heavy (non-hydrogen) atoms. The number of likely N-dealkylation sites (tertiary alicyclic amines) is 1. The Morgan fingerprint density at radius 3 is 2.88 bits per heavy atom. The van der Waals surface area contributed by atoms with E-state index < -0.39 is 0 Å². The van der Waals surface area contributed by atoms with Crippen LogP contribution in [0.1, 0.15) is 40.0 Å². The third kappa shape index (κ3) is 5.52. The van der Waals surface area contributed by atoms with E-state index in [4.69, 9.17) is 5.26 Å². The molecule has 0 spiro atoms. The van der Waals surface area contributed by atoms with Gasteiger partial charge in [-0.2, -0.15) is 5.26 Å². The number of piperidine rings is 1. The first-order valence-corrected chi connectivity index (χ1v) is 6.91. The lowest BCUT2D eigenvalue weighted by Crippen LogP contribution is -2.40. The molecule has 0 radical (unpaired) electrons. The highest BCUT2D eigenvalue weighted by Crippen LogP contribution is 2.22. The summed E-state index contributed by atoms with van der Waals surface area (Å²) >= 11 is 0. The lowest BCUT2D eigenvalue weighted by atomic mass is 9.90. The van der Waals surface area contributed by atoms with Gasteiger partial charge in [-0.1, -0.05) is 6.92 Å². The number of nitriles is 1. The van der Waals surface area contributed by atoms with E-state index in [1.165, 1.54) is 25.9 Å². The molecule has 98 valence electrons. The normalized spacial score (nSPS) is 22.4. The first-order valence-electron chi connectivity index (χ1n) is 6.91. The Balaban J connectivity index is 2.28. The highest BCUT2D eigenvalue weighted by atomic mass is 15.1. The Kier molecular flexibility index (Phi) is 5.94. The van der Waals surface area contributed by atoms with Gasteiger partial charge >= 0.3 is 0 Å². The van der Waals surface area contributed by atoms with Crippen LogP contribution in [0.2, 0.25) is 0 Å². The molecule has 1 aliphatic rings. The van der Waals surface area contributed by atoms with E-state index in [-0.39, 0.29) is 5.41 Å². The van der Waals surface area contributed by atoms with Crippen LogP contribution < -0.4 is 5.32 Å². The van der Waals surface area contributed by atoms with Crippen molar-refractivity contribution < 1.29 is 0 Å². The van der Waals surface area contributed by atoms with Gasteiger partial charge in [-0.3, -0.25) is 0 Å². The van der Waals surface area contributed by atoms with Crippen LogP contribution in [0.15, 0.2) is 0 Å². The van der Waals surface area contributed by atoms with Gasteiger partial charge in [0, 0.05) is 6.54 Å². The van der Waals surface area contributed by atoms with Crippen molar-refractivity contribution in [2.24, 2.45) is 11.3 Å². The fourth-order valence-electron chi connectivity index (χ4n) is 2.36. The zero-order valence-corrected chi connectivity index (χ0v) is 11.6. The van der Waals surface area contributed by atoms with Gasteiger partial charge in [0.1, 0.15) is 0 Å². The molecule has 1 aliphatic heterocycles. The Hall–Kier alpha value is -0.590. The first-order chi connectivity index (χ1) is 8.07. The fraction of sp³-hybridized carbons (Fsp3) is 0.929. The third-order valence-electron chi connectivity index (χ3n) is 3.64. The molecule has 0 aromatic heterocycles. The van der Waals surface area contributed by atoms with Crippen LogP contribution in [0.25, 0.3) is 0 Å². The number of rotatable bonds is 6. The van der Waals surface area contributed by atoms with Gasteiger partial charge in [-0.05, 0) is 65.2 Å². The topological polar surface area (TPSA) is 39.1 Å². The van der Waals surface area contributed by atoms with Gasteiger partial charge in [0.25, 0.3) is 0 Å². The first kappa shape index (κ1) is 14.5. The smallest absolute Gasteiger partial charge is 0.0684 e. The molecule has 1 rings (SSSR count). The van der Waals surface area contributed by atoms with Crippen LogP contribution in [0.4, 0.5) is 0 Å². The Labute approximate surface area is 106 Å². The minimum atomic E-state index is -0.172. The van der Waals surface area contributed by atoms with E-state index in [1.54, 1.807) is 0 Å². The van der Waals surface area contributed by atoms with Crippen LogP contribution in [0, 0.1) is 22.7 Å². The molecule has 1 atom stereocenters. The van der Waals surface area contributed by atoms with Gasteiger partial charge in [0.15, 0.2) is 0 Å². The highest BCUT2D eigenvalue weighted by Gasteiger charge is 2.22. The molecule has 1 saturated heterocycles. The number of nitrogens with one attached hydrogen (secondary N) is 1. The van der Waals surface area contributed by atoms with Crippen molar-refractivity contribution in [1.29, 1.82) is 5.26 Å². The molecule has 3 nitrogen and oxygen atoms in total. The number of hydrogen-bond donors (Lipinski definition) is 1. The van der Waals surface area contributed by atoms with E-state index >= 15 is 0 Å². The quantitative estimate of drug-likeness (QED) is 0.770. The standard InChI is InChI=1S/C14H27N3/c1-4-16-10-13-6-5-8-17(11-13)9-7-14(2,3)12-15/h13,16H,4-11H2,1-3H3. The van der Waals surface area contributed by atoms with Crippen molar-refractivity contribution in [2.75, 3.05) is 32.7 Å². The maximum Gasteiger partial charge on any atom is 0.0684 e. The molecule has 0 bridgehead atoms.